The van der Waals surface area contributed by atoms with Gasteiger partial charge in [0.2, 0.25) is 5.89 Å². The van der Waals surface area contributed by atoms with Crippen LogP contribution in [0.15, 0.2) is 52.9 Å². The highest BCUT2D eigenvalue weighted by Crippen LogP contribution is 2.18. The number of fused-ring (bicyclic) bond motifs is 1. The first-order valence-electron chi connectivity index (χ1n) is 8.81. The Morgan fingerprint density at radius 1 is 1.08 bits per heavy atom. The summed E-state index contributed by atoms with van der Waals surface area (Å²) >= 11 is 6.01. The van der Waals surface area contributed by atoms with Crippen LogP contribution in [0.4, 0.5) is 0 Å². The molecule has 4 rings (SSSR count). The molecule has 0 radical (unpaired) electrons. The van der Waals surface area contributed by atoms with E-state index >= 15 is 0 Å². The summed E-state index contributed by atoms with van der Waals surface area (Å²) in [4.78, 5) is 21.4. The third kappa shape index (κ3) is 3.74. The number of oxazole rings is 1. The number of para-hydroxylation sites is 2. The lowest BCUT2D eigenvalue weighted by Crippen LogP contribution is -2.35. The Morgan fingerprint density at radius 2 is 1.96 bits per heavy atom. The number of nitrogens with zero attached hydrogens (tertiary/aromatic N) is 3. The average molecular weight is 370 g/mol. The summed E-state index contributed by atoms with van der Waals surface area (Å²) in [5.74, 6) is 0.761. The van der Waals surface area contributed by atoms with Gasteiger partial charge in [-0.05, 0) is 36.8 Å². The van der Waals surface area contributed by atoms with E-state index in [2.05, 4.69) is 9.88 Å². The minimum atomic E-state index is 0.0382. The molecule has 0 spiro atoms. The minimum Gasteiger partial charge on any atom is -0.439 e. The normalized spacial score (nSPS) is 16.0. The van der Waals surface area contributed by atoms with Crippen LogP contribution in [-0.4, -0.2) is 46.9 Å². The van der Waals surface area contributed by atoms with Gasteiger partial charge < -0.3 is 9.32 Å². The number of hydrogen-bond acceptors (Lipinski definition) is 4. The van der Waals surface area contributed by atoms with Gasteiger partial charge in [0.15, 0.2) is 5.58 Å². The molecule has 5 nitrogen and oxygen atoms in total. The predicted octanol–water partition coefficient (Wildman–Crippen LogP) is 3.83. The zero-order valence-corrected chi connectivity index (χ0v) is 15.2. The minimum absolute atomic E-state index is 0.0382. The van der Waals surface area contributed by atoms with Gasteiger partial charge in [0, 0.05) is 36.8 Å². The van der Waals surface area contributed by atoms with E-state index in [-0.39, 0.29) is 5.91 Å². The first-order valence-corrected chi connectivity index (χ1v) is 9.18. The van der Waals surface area contributed by atoms with Crippen molar-refractivity contribution in [3.05, 3.63) is 65.0 Å². The number of halogens is 1. The summed E-state index contributed by atoms with van der Waals surface area (Å²) in [6.07, 6.45) is 0.923. The molecule has 6 heteroatoms. The highest BCUT2D eigenvalue weighted by Gasteiger charge is 2.21. The summed E-state index contributed by atoms with van der Waals surface area (Å²) in [5, 5.41) is 0.586. The van der Waals surface area contributed by atoms with Crippen LogP contribution in [0, 0.1) is 0 Å². The molecular weight excluding hydrogens is 350 g/mol. The summed E-state index contributed by atoms with van der Waals surface area (Å²) < 4.78 is 5.82. The van der Waals surface area contributed by atoms with Gasteiger partial charge in [0.25, 0.3) is 5.91 Å². The number of carbonyl (C=O) groups excluding carboxylic acids is 1. The third-order valence-corrected chi connectivity index (χ3v) is 4.88. The summed E-state index contributed by atoms with van der Waals surface area (Å²) in [6.45, 7) is 3.80. The maximum Gasteiger partial charge on any atom is 0.253 e. The van der Waals surface area contributed by atoms with Crippen LogP contribution in [0.2, 0.25) is 5.02 Å². The van der Waals surface area contributed by atoms with Crippen LogP contribution in [0.25, 0.3) is 11.1 Å². The molecule has 1 aromatic heterocycles. The fourth-order valence-electron chi connectivity index (χ4n) is 3.32. The van der Waals surface area contributed by atoms with Crippen molar-refractivity contribution in [3.8, 4) is 0 Å². The van der Waals surface area contributed by atoms with Crippen LogP contribution in [0.5, 0.6) is 0 Å². The van der Waals surface area contributed by atoms with Crippen molar-refractivity contribution in [2.24, 2.45) is 0 Å². The summed E-state index contributed by atoms with van der Waals surface area (Å²) in [7, 11) is 0. The van der Waals surface area contributed by atoms with Crippen LogP contribution >= 0.6 is 11.6 Å². The lowest BCUT2D eigenvalue weighted by atomic mass is 10.2. The quantitative estimate of drug-likeness (QED) is 0.704. The summed E-state index contributed by atoms with van der Waals surface area (Å²) in [6, 6.07) is 14.9. The molecule has 2 heterocycles. The molecule has 0 atom stereocenters. The molecule has 1 aliphatic rings. The van der Waals surface area contributed by atoms with Gasteiger partial charge in [0.05, 0.1) is 6.54 Å². The summed E-state index contributed by atoms with van der Waals surface area (Å²) in [5.41, 5.74) is 2.34. The highest BCUT2D eigenvalue weighted by atomic mass is 35.5. The Labute approximate surface area is 157 Å². The van der Waals surface area contributed by atoms with E-state index in [9.17, 15) is 4.79 Å². The van der Waals surface area contributed by atoms with E-state index in [0.717, 1.165) is 43.0 Å². The molecule has 0 unspecified atom stereocenters. The Hall–Kier alpha value is -2.37. The smallest absolute Gasteiger partial charge is 0.253 e. The van der Waals surface area contributed by atoms with Crippen molar-refractivity contribution in [2.75, 3.05) is 26.2 Å². The standard InChI is InChI=1S/C20H20ClN3O2/c21-16-6-3-5-15(13-16)20(25)24-10-4-9-23(11-12-24)14-19-22-17-7-1-2-8-18(17)26-19/h1-3,5-8,13H,4,9-12,14H2. The Balaban J connectivity index is 1.40. The van der Waals surface area contributed by atoms with E-state index in [1.165, 1.54) is 0 Å². The molecule has 1 fully saturated rings. The Morgan fingerprint density at radius 3 is 2.81 bits per heavy atom. The SMILES string of the molecule is O=C(c1cccc(Cl)c1)N1CCCN(Cc2nc3ccccc3o2)CC1. The topological polar surface area (TPSA) is 49.6 Å². The monoisotopic (exact) mass is 369 g/mol. The first-order chi connectivity index (χ1) is 12.7. The van der Waals surface area contributed by atoms with Crippen molar-refractivity contribution in [2.45, 2.75) is 13.0 Å². The van der Waals surface area contributed by atoms with Gasteiger partial charge in [-0.25, -0.2) is 4.98 Å². The maximum atomic E-state index is 12.7. The second-order valence-corrected chi connectivity index (χ2v) is 6.94. The average Bonchev–Trinajstić information content (AvgIpc) is 2.91. The molecule has 3 aromatic rings. The molecule has 0 N–H and O–H groups in total. The predicted molar refractivity (Wildman–Crippen MR) is 101 cm³/mol. The van der Waals surface area contributed by atoms with E-state index in [4.69, 9.17) is 16.0 Å². The van der Waals surface area contributed by atoms with Crippen molar-refractivity contribution in [1.82, 2.24) is 14.8 Å². The molecule has 0 bridgehead atoms. The molecule has 0 aliphatic carbocycles. The van der Waals surface area contributed by atoms with Crippen LogP contribution < -0.4 is 0 Å². The van der Waals surface area contributed by atoms with Crippen LogP contribution in [0.3, 0.4) is 0 Å². The molecule has 0 saturated carbocycles. The number of aromatic nitrogens is 1. The van der Waals surface area contributed by atoms with Gasteiger partial charge in [0.1, 0.15) is 5.52 Å². The van der Waals surface area contributed by atoms with Crippen molar-refractivity contribution >= 4 is 28.6 Å². The number of rotatable bonds is 3. The highest BCUT2D eigenvalue weighted by molar-refractivity contribution is 6.30. The van der Waals surface area contributed by atoms with Gasteiger partial charge >= 0.3 is 0 Å². The molecule has 1 amide bonds. The number of carbonyl (C=O) groups is 1. The van der Waals surface area contributed by atoms with Crippen LogP contribution in [0.1, 0.15) is 22.7 Å². The van der Waals surface area contributed by atoms with E-state index in [1.807, 2.05) is 41.3 Å². The molecular formula is C20H20ClN3O2. The van der Waals surface area contributed by atoms with Gasteiger partial charge in [-0.2, -0.15) is 0 Å². The molecule has 2 aromatic carbocycles. The van der Waals surface area contributed by atoms with Gasteiger partial charge in [-0.1, -0.05) is 29.8 Å². The van der Waals surface area contributed by atoms with Crippen molar-refractivity contribution in [3.63, 3.8) is 0 Å². The van der Waals surface area contributed by atoms with E-state index < -0.39 is 0 Å². The fraction of sp³-hybridized carbons (Fsp3) is 0.300. The molecule has 26 heavy (non-hydrogen) atoms. The van der Waals surface area contributed by atoms with E-state index in [1.54, 1.807) is 12.1 Å². The zero-order valence-electron chi connectivity index (χ0n) is 14.4. The second kappa shape index (κ2) is 7.48. The van der Waals surface area contributed by atoms with Gasteiger partial charge in [-0.15, -0.1) is 0 Å². The zero-order chi connectivity index (χ0) is 17.9. The van der Waals surface area contributed by atoms with Crippen molar-refractivity contribution < 1.29 is 9.21 Å². The largest absolute Gasteiger partial charge is 0.439 e. The lowest BCUT2D eigenvalue weighted by Gasteiger charge is -2.21. The van der Waals surface area contributed by atoms with Gasteiger partial charge in [-0.3, -0.25) is 9.69 Å². The van der Waals surface area contributed by atoms with Crippen LogP contribution in [-0.2, 0) is 6.54 Å². The number of benzene rings is 2. The fourth-order valence-corrected chi connectivity index (χ4v) is 3.51. The van der Waals surface area contributed by atoms with Crippen molar-refractivity contribution in [1.29, 1.82) is 0 Å². The number of hydrogen-bond donors (Lipinski definition) is 0. The Kier molecular flexibility index (Phi) is 4.91. The molecule has 1 saturated heterocycles. The first kappa shape index (κ1) is 17.1. The molecule has 134 valence electrons. The maximum absolute atomic E-state index is 12.7. The molecule has 1 aliphatic heterocycles. The third-order valence-electron chi connectivity index (χ3n) is 4.64. The van der Waals surface area contributed by atoms with E-state index in [0.29, 0.717) is 23.7 Å². The number of amides is 1. The second-order valence-electron chi connectivity index (χ2n) is 6.51. The lowest BCUT2D eigenvalue weighted by molar-refractivity contribution is 0.0760. The Bertz CT molecular complexity index is 891.